The summed E-state index contributed by atoms with van der Waals surface area (Å²) in [5, 5.41) is 9.68. The highest BCUT2D eigenvalue weighted by molar-refractivity contribution is 7.98. The van der Waals surface area contributed by atoms with Gasteiger partial charge in [0.25, 0.3) is 5.91 Å². The van der Waals surface area contributed by atoms with Gasteiger partial charge in [0.15, 0.2) is 0 Å². The van der Waals surface area contributed by atoms with Crippen LogP contribution in [0, 0.1) is 6.92 Å². The second kappa shape index (κ2) is 10.1. The lowest BCUT2D eigenvalue weighted by atomic mass is 10.2. The largest absolute Gasteiger partial charge is 0.457 e. The summed E-state index contributed by atoms with van der Waals surface area (Å²) in [7, 11) is 0. The normalized spacial score (nSPS) is 11.2. The number of benzene rings is 2. The van der Waals surface area contributed by atoms with Crippen LogP contribution in [0.3, 0.4) is 0 Å². The van der Waals surface area contributed by atoms with Gasteiger partial charge in [-0.3, -0.25) is 10.2 Å². The molecule has 0 fully saturated rings. The first kappa shape index (κ1) is 22.2. The maximum atomic E-state index is 12.5. The number of aryl methyl sites for hydroxylation is 1. The monoisotopic (exact) mass is 484 g/mol. The Morgan fingerprint density at radius 3 is 2.72 bits per heavy atom. The second-order valence-corrected chi connectivity index (χ2v) is 8.48. The molecule has 0 spiro atoms. The van der Waals surface area contributed by atoms with Crippen LogP contribution >= 0.6 is 35.0 Å². The average Bonchev–Trinajstić information content (AvgIpc) is 3.41. The number of thioether (sulfide) groups is 1. The third kappa shape index (κ3) is 5.24. The lowest BCUT2D eigenvalue weighted by Crippen LogP contribution is -2.22. The van der Waals surface area contributed by atoms with Gasteiger partial charge in [0.2, 0.25) is 5.16 Å². The summed E-state index contributed by atoms with van der Waals surface area (Å²) in [4.78, 5) is 12.5. The van der Waals surface area contributed by atoms with E-state index in [9.17, 15) is 4.79 Å². The van der Waals surface area contributed by atoms with Crippen molar-refractivity contribution in [2.24, 2.45) is 0 Å². The highest BCUT2D eigenvalue weighted by Crippen LogP contribution is 2.34. The first-order valence-corrected chi connectivity index (χ1v) is 11.4. The summed E-state index contributed by atoms with van der Waals surface area (Å²) in [5.41, 5.74) is 4.63. The van der Waals surface area contributed by atoms with Crippen LogP contribution in [0.2, 0.25) is 10.0 Å². The highest BCUT2D eigenvalue weighted by atomic mass is 35.5. The Hall–Kier alpha value is -3.00. The third-order valence-corrected chi connectivity index (χ3v) is 6.29. The number of rotatable bonds is 7. The molecule has 1 amide bonds. The molecule has 0 aliphatic rings. The number of nitrogens with zero attached hydrogens (tertiary/aromatic N) is 3. The zero-order valence-corrected chi connectivity index (χ0v) is 19.3. The number of hydrogen-bond donors (Lipinski definition) is 1. The van der Waals surface area contributed by atoms with Crippen LogP contribution < -0.4 is 5.43 Å². The smallest absolute Gasteiger partial charge is 0.263 e. The van der Waals surface area contributed by atoms with Gasteiger partial charge in [-0.1, -0.05) is 71.4 Å². The molecule has 1 N–H and O–H groups in total. The van der Waals surface area contributed by atoms with E-state index < -0.39 is 0 Å². The third-order valence-electron chi connectivity index (χ3n) is 4.47. The molecular formula is C23H18Cl2N4O2S. The number of furan rings is 1. The standard InChI is InChI=1S/C23H18Cl2N4O2S/c1-15-26-27-23(32-14-16-6-3-2-4-7-16)29(15)28-21(30)13-11-17-10-12-20(31-17)18-8-5-9-19(24)22(18)25/h2-13H,14H2,1H3,(H,28,30). The minimum atomic E-state index is -0.340. The Morgan fingerprint density at radius 1 is 1.09 bits per heavy atom. The summed E-state index contributed by atoms with van der Waals surface area (Å²) in [6.07, 6.45) is 2.96. The van der Waals surface area contributed by atoms with E-state index in [1.165, 1.54) is 17.8 Å². The minimum absolute atomic E-state index is 0.340. The Labute approximate surface area is 199 Å². The fraction of sp³-hybridized carbons (Fsp3) is 0.0870. The Kier molecular flexibility index (Phi) is 6.99. The van der Waals surface area contributed by atoms with Gasteiger partial charge in [0.1, 0.15) is 17.3 Å². The van der Waals surface area contributed by atoms with Crippen LogP contribution in [0.4, 0.5) is 0 Å². The van der Waals surface area contributed by atoms with Gasteiger partial charge in [0, 0.05) is 17.4 Å². The zero-order chi connectivity index (χ0) is 22.5. The first-order valence-electron chi connectivity index (χ1n) is 9.63. The van der Waals surface area contributed by atoms with E-state index in [-0.39, 0.29) is 5.91 Å². The zero-order valence-electron chi connectivity index (χ0n) is 17.0. The van der Waals surface area contributed by atoms with Crippen molar-refractivity contribution in [1.29, 1.82) is 0 Å². The van der Waals surface area contributed by atoms with Crippen molar-refractivity contribution in [3.8, 4) is 11.3 Å². The number of carbonyl (C=O) groups is 1. The maximum Gasteiger partial charge on any atom is 0.263 e. The summed E-state index contributed by atoms with van der Waals surface area (Å²) < 4.78 is 7.35. The van der Waals surface area contributed by atoms with Crippen LogP contribution in [0.1, 0.15) is 17.1 Å². The molecule has 9 heteroatoms. The molecule has 0 atom stereocenters. The van der Waals surface area contributed by atoms with Gasteiger partial charge in [-0.25, -0.2) is 4.68 Å². The van der Waals surface area contributed by atoms with Crippen LogP contribution in [0.25, 0.3) is 17.4 Å². The van der Waals surface area contributed by atoms with Crippen molar-refractivity contribution < 1.29 is 9.21 Å². The van der Waals surface area contributed by atoms with Crippen molar-refractivity contribution in [2.45, 2.75) is 17.8 Å². The van der Waals surface area contributed by atoms with E-state index in [1.807, 2.05) is 36.4 Å². The number of aromatic nitrogens is 3. The predicted octanol–water partition coefficient (Wildman–Crippen LogP) is 6.23. The molecule has 162 valence electrons. The molecule has 32 heavy (non-hydrogen) atoms. The molecule has 0 unspecified atom stereocenters. The van der Waals surface area contributed by atoms with Crippen molar-refractivity contribution in [2.75, 3.05) is 5.43 Å². The molecule has 4 aromatic rings. The lowest BCUT2D eigenvalue weighted by molar-refractivity contribution is -0.112. The Morgan fingerprint density at radius 2 is 1.91 bits per heavy atom. The predicted molar refractivity (Wildman–Crippen MR) is 128 cm³/mol. The van der Waals surface area contributed by atoms with E-state index in [1.54, 1.807) is 41.9 Å². The Bertz CT molecular complexity index is 1270. The molecule has 0 bridgehead atoms. The molecule has 0 aliphatic heterocycles. The Balaban J connectivity index is 1.42. The van der Waals surface area contributed by atoms with E-state index >= 15 is 0 Å². The van der Waals surface area contributed by atoms with E-state index in [0.717, 1.165) is 5.56 Å². The van der Waals surface area contributed by atoms with Gasteiger partial charge in [-0.15, -0.1) is 10.2 Å². The van der Waals surface area contributed by atoms with Gasteiger partial charge in [-0.05, 0) is 42.8 Å². The van der Waals surface area contributed by atoms with Crippen molar-refractivity contribution >= 4 is 46.9 Å². The number of amides is 1. The molecular weight excluding hydrogens is 467 g/mol. The second-order valence-electron chi connectivity index (χ2n) is 6.75. The summed E-state index contributed by atoms with van der Waals surface area (Å²) in [6, 6.07) is 18.9. The number of hydrogen-bond acceptors (Lipinski definition) is 5. The quantitative estimate of drug-likeness (QED) is 0.248. The first-order chi connectivity index (χ1) is 15.5. The van der Waals surface area contributed by atoms with Crippen LogP contribution in [0.5, 0.6) is 0 Å². The fourth-order valence-electron chi connectivity index (χ4n) is 2.87. The molecule has 0 radical (unpaired) electrons. The molecule has 4 rings (SSSR count). The number of nitrogens with one attached hydrogen (secondary N) is 1. The summed E-state index contributed by atoms with van der Waals surface area (Å²) >= 11 is 13.8. The van der Waals surface area contributed by atoms with Crippen molar-refractivity contribution in [3.63, 3.8) is 0 Å². The van der Waals surface area contributed by atoms with E-state index in [2.05, 4.69) is 15.6 Å². The topological polar surface area (TPSA) is 73.0 Å². The lowest BCUT2D eigenvalue weighted by Gasteiger charge is -2.08. The molecule has 2 aromatic heterocycles. The number of carbonyl (C=O) groups excluding carboxylic acids is 1. The van der Waals surface area contributed by atoms with Crippen LogP contribution in [0.15, 0.2) is 76.3 Å². The molecule has 0 aliphatic carbocycles. The molecule has 0 saturated carbocycles. The average molecular weight is 485 g/mol. The van der Waals surface area contributed by atoms with E-state index in [0.29, 0.717) is 43.9 Å². The fourth-order valence-corrected chi connectivity index (χ4v) is 4.16. The van der Waals surface area contributed by atoms with Crippen molar-refractivity contribution in [1.82, 2.24) is 14.9 Å². The van der Waals surface area contributed by atoms with Gasteiger partial charge in [-0.2, -0.15) is 0 Å². The summed E-state index contributed by atoms with van der Waals surface area (Å²) in [5.74, 6) is 2.02. The summed E-state index contributed by atoms with van der Waals surface area (Å²) in [6.45, 7) is 1.77. The maximum absolute atomic E-state index is 12.5. The highest BCUT2D eigenvalue weighted by Gasteiger charge is 2.12. The molecule has 6 nitrogen and oxygen atoms in total. The SMILES string of the molecule is Cc1nnc(SCc2ccccc2)n1NC(=O)C=Cc1ccc(-c2cccc(Cl)c2Cl)o1. The molecule has 0 saturated heterocycles. The molecule has 2 aromatic carbocycles. The van der Waals surface area contributed by atoms with Gasteiger partial charge in [0.05, 0.1) is 10.0 Å². The number of halogens is 2. The van der Waals surface area contributed by atoms with Gasteiger partial charge < -0.3 is 4.42 Å². The van der Waals surface area contributed by atoms with Gasteiger partial charge >= 0.3 is 0 Å². The van der Waals surface area contributed by atoms with E-state index in [4.69, 9.17) is 27.6 Å². The minimum Gasteiger partial charge on any atom is -0.457 e. The van der Waals surface area contributed by atoms with Crippen LogP contribution in [-0.2, 0) is 10.5 Å². The van der Waals surface area contributed by atoms with Crippen LogP contribution in [-0.4, -0.2) is 20.8 Å². The van der Waals surface area contributed by atoms with Crippen molar-refractivity contribution in [3.05, 3.63) is 93.9 Å². The molecule has 2 heterocycles.